The number of hydrogen-bond donors (Lipinski definition) is 1. The van der Waals surface area contributed by atoms with Crippen LogP contribution in [0.2, 0.25) is 18.1 Å². The molecule has 0 bridgehead atoms. The predicted octanol–water partition coefficient (Wildman–Crippen LogP) is 9.01. The number of aliphatic hydroxyl groups is 1. The summed E-state index contributed by atoms with van der Waals surface area (Å²) in [5, 5.41) is 11.4. The Morgan fingerprint density at radius 2 is 1.80 bits per heavy atom. The van der Waals surface area contributed by atoms with Crippen LogP contribution >= 0.6 is 33.9 Å². The molecule has 3 nitrogen and oxygen atoms in total. The molecule has 2 aromatic heterocycles. The summed E-state index contributed by atoms with van der Waals surface area (Å²) >= 11 is 2.86. The quantitative estimate of drug-likeness (QED) is 0.262. The van der Waals surface area contributed by atoms with Crippen LogP contribution in [0.4, 0.5) is 13.2 Å². The summed E-state index contributed by atoms with van der Waals surface area (Å²) in [6.07, 6.45) is -4.16. The van der Waals surface area contributed by atoms with Crippen molar-refractivity contribution in [1.29, 1.82) is 0 Å². The van der Waals surface area contributed by atoms with Crippen molar-refractivity contribution in [1.82, 2.24) is 4.98 Å². The lowest BCUT2D eigenvalue weighted by Crippen LogP contribution is -2.44. The van der Waals surface area contributed by atoms with Gasteiger partial charge in [-0.2, -0.15) is 13.2 Å². The normalized spacial score (nSPS) is 19.7. The van der Waals surface area contributed by atoms with Crippen LogP contribution in [0.1, 0.15) is 105 Å². The number of nitrogens with zero attached hydrogens (tertiary/aromatic N) is 1. The van der Waals surface area contributed by atoms with Gasteiger partial charge in [-0.1, -0.05) is 48.5 Å². The van der Waals surface area contributed by atoms with Gasteiger partial charge in [0.25, 0.3) is 0 Å². The zero-order valence-corrected chi connectivity index (χ0v) is 26.0. The third-order valence-electron chi connectivity index (χ3n) is 7.26. The standard InChI is InChI=1S/C26H37F3INO2SSi/c1-14(2)22-20(23(32)17-10-11-18(34-17)26(27,28)29)21(30)19-15(31-22)12-25(6,7)13-16(19)33-35(8,9)24(3,4)5/h10-11,14,16,23,32H,12-13H2,1-9H3/t16-,23+/m0/s1. The molecule has 0 fully saturated rings. The van der Waals surface area contributed by atoms with Gasteiger partial charge >= 0.3 is 6.18 Å². The third-order valence-corrected chi connectivity index (χ3v) is 14.1. The van der Waals surface area contributed by atoms with Crippen LogP contribution in [0.5, 0.6) is 0 Å². The molecule has 0 amide bonds. The largest absolute Gasteiger partial charge is 0.425 e. The lowest BCUT2D eigenvalue weighted by Gasteiger charge is -2.44. The SMILES string of the molecule is CC(C)c1nc2c(c(I)c1[C@H](O)c1ccc(C(F)(F)F)s1)[C@@H](O[Si](C)(C)C(C)(C)C)CC(C)(C)C2. The molecule has 35 heavy (non-hydrogen) atoms. The fourth-order valence-corrected chi connectivity index (χ4v) is 7.74. The van der Waals surface area contributed by atoms with Gasteiger partial charge in [-0.3, -0.25) is 4.98 Å². The van der Waals surface area contributed by atoms with Crippen LogP contribution in [0.25, 0.3) is 0 Å². The Hall–Kier alpha value is -0.493. The molecular weight excluding hydrogens is 602 g/mol. The van der Waals surface area contributed by atoms with Gasteiger partial charge in [0.15, 0.2) is 8.32 Å². The highest BCUT2D eigenvalue weighted by Crippen LogP contribution is 2.50. The predicted molar refractivity (Wildman–Crippen MR) is 148 cm³/mol. The van der Waals surface area contributed by atoms with Crippen LogP contribution in [0.3, 0.4) is 0 Å². The van der Waals surface area contributed by atoms with Gasteiger partial charge in [-0.15, -0.1) is 11.3 Å². The van der Waals surface area contributed by atoms with Crippen molar-refractivity contribution in [2.75, 3.05) is 0 Å². The van der Waals surface area contributed by atoms with Crippen LogP contribution in [0.15, 0.2) is 12.1 Å². The Kier molecular flexibility index (Phi) is 8.03. The lowest BCUT2D eigenvalue weighted by atomic mass is 9.74. The van der Waals surface area contributed by atoms with Crippen LogP contribution in [-0.2, 0) is 17.0 Å². The number of halogens is 4. The highest BCUT2D eigenvalue weighted by atomic mass is 127. The number of pyridine rings is 1. The molecule has 0 saturated heterocycles. The fourth-order valence-electron chi connectivity index (χ4n) is 4.37. The molecule has 196 valence electrons. The number of thiophene rings is 1. The molecule has 0 spiro atoms. The van der Waals surface area contributed by atoms with E-state index < -0.39 is 25.5 Å². The van der Waals surface area contributed by atoms with Gasteiger partial charge in [0.2, 0.25) is 0 Å². The first-order chi connectivity index (χ1) is 15.7. The second kappa shape index (κ2) is 9.67. The topological polar surface area (TPSA) is 42.4 Å². The molecule has 0 saturated carbocycles. The molecule has 3 rings (SSSR count). The fraction of sp³-hybridized carbons (Fsp3) is 0.654. The van der Waals surface area contributed by atoms with E-state index in [0.717, 1.165) is 39.4 Å². The van der Waals surface area contributed by atoms with Crippen molar-refractivity contribution in [3.63, 3.8) is 0 Å². The Bertz CT molecular complexity index is 1090. The van der Waals surface area contributed by atoms with E-state index in [2.05, 4.69) is 70.3 Å². The maximum Gasteiger partial charge on any atom is 0.425 e. The summed E-state index contributed by atoms with van der Waals surface area (Å²) in [6, 6.07) is 2.42. The molecule has 0 aromatic carbocycles. The zero-order valence-electron chi connectivity index (χ0n) is 22.0. The van der Waals surface area contributed by atoms with Gasteiger partial charge in [-0.25, -0.2) is 0 Å². The van der Waals surface area contributed by atoms with E-state index in [1.54, 1.807) is 0 Å². The number of aromatic nitrogens is 1. The van der Waals surface area contributed by atoms with Gasteiger partial charge < -0.3 is 9.53 Å². The second-order valence-electron chi connectivity index (χ2n) is 12.3. The number of alkyl halides is 3. The van der Waals surface area contributed by atoms with Crippen molar-refractivity contribution in [3.05, 3.63) is 48.0 Å². The highest BCUT2D eigenvalue weighted by Gasteiger charge is 2.44. The Morgan fingerprint density at radius 3 is 2.29 bits per heavy atom. The van der Waals surface area contributed by atoms with E-state index in [4.69, 9.17) is 9.41 Å². The molecule has 2 heterocycles. The van der Waals surface area contributed by atoms with Crippen LogP contribution in [-0.4, -0.2) is 18.4 Å². The Balaban J connectivity index is 2.20. The number of fused-ring (bicyclic) bond motifs is 1. The molecule has 0 unspecified atom stereocenters. The highest BCUT2D eigenvalue weighted by molar-refractivity contribution is 14.1. The van der Waals surface area contributed by atoms with E-state index in [1.807, 2.05) is 13.8 Å². The summed E-state index contributed by atoms with van der Waals surface area (Å²) in [4.78, 5) is 4.63. The number of rotatable bonds is 5. The van der Waals surface area contributed by atoms with Gasteiger partial charge in [0, 0.05) is 25.3 Å². The zero-order chi connectivity index (χ0) is 26.7. The summed E-state index contributed by atoms with van der Waals surface area (Å²) in [6.45, 7) is 19.6. The summed E-state index contributed by atoms with van der Waals surface area (Å²) in [5.41, 5.74) is 3.33. The lowest BCUT2D eigenvalue weighted by molar-refractivity contribution is -0.134. The van der Waals surface area contributed by atoms with Crippen molar-refractivity contribution in [3.8, 4) is 0 Å². The van der Waals surface area contributed by atoms with E-state index in [-0.39, 0.29) is 27.4 Å². The van der Waals surface area contributed by atoms with Crippen molar-refractivity contribution >= 4 is 42.2 Å². The minimum absolute atomic E-state index is 0.000144. The molecule has 1 aliphatic rings. The summed E-state index contributed by atoms with van der Waals surface area (Å²) < 4.78 is 47.6. The summed E-state index contributed by atoms with van der Waals surface area (Å²) in [5.74, 6) is 0.00492. The van der Waals surface area contributed by atoms with E-state index in [0.29, 0.717) is 16.9 Å². The first-order valence-corrected chi connectivity index (χ1v) is 16.8. The first kappa shape index (κ1) is 29.1. The number of hydrogen-bond acceptors (Lipinski definition) is 4. The van der Waals surface area contributed by atoms with E-state index in [9.17, 15) is 18.3 Å². The van der Waals surface area contributed by atoms with E-state index >= 15 is 0 Å². The monoisotopic (exact) mass is 639 g/mol. The minimum atomic E-state index is -4.43. The maximum atomic E-state index is 13.3. The smallest absolute Gasteiger partial charge is 0.410 e. The molecule has 0 radical (unpaired) electrons. The van der Waals surface area contributed by atoms with Crippen LogP contribution in [0, 0.1) is 8.99 Å². The molecule has 0 aliphatic heterocycles. The van der Waals surface area contributed by atoms with Gasteiger partial charge in [0.05, 0.1) is 11.8 Å². The summed E-state index contributed by atoms with van der Waals surface area (Å²) in [7, 11) is -2.12. The average molecular weight is 640 g/mol. The Morgan fingerprint density at radius 1 is 1.20 bits per heavy atom. The molecule has 1 N–H and O–H groups in total. The number of aliphatic hydroxyl groups excluding tert-OH is 1. The molecule has 2 atom stereocenters. The molecule has 2 aromatic rings. The maximum absolute atomic E-state index is 13.3. The second-order valence-corrected chi connectivity index (χ2v) is 19.2. The third kappa shape index (κ3) is 5.99. The Labute approximate surface area is 226 Å². The van der Waals surface area contributed by atoms with E-state index in [1.165, 1.54) is 6.07 Å². The molecule has 1 aliphatic carbocycles. The van der Waals surface area contributed by atoms with Crippen molar-refractivity contribution in [2.24, 2.45) is 5.41 Å². The van der Waals surface area contributed by atoms with Crippen molar-refractivity contribution < 1.29 is 22.7 Å². The van der Waals surface area contributed by atoms with Crippen LogP contribution < -0.4 is 0 Å². The van der Waals surface area contributed by atoms with Gasteiger partial charge in [0.1, 0.15) is 11.0 Å². The molecule has 9 heteroatoms. The van der Waals surface area contributed by atoms with Crippen molar-refractivity contribution in [2.45, 2.75) is 104 Å². The first-order valence-electron chi connectivity index (χ1n) is 12.0. The minimum Gasteiger partial charge on any atom is -0.410 e. The average Bonchev–Trinajstić information content (AvgIpc) is 3.15. The van der Waals surface area contributed by atoms with Gasteiger partial charge in [-0.05, 0) is 77.0 Å². The molecular formula is C26H37F3INO2SSi.